The van der Waals surface area contributed by atoms with Crippen LogP contribution in [-0.2, 0) is 26.2 Å². The van der Waals surface area contributed by atoms with E-state index in [1.807, 2.05) is 6.92 Å². The molecule has 1 saturated carbocycles. The van der Waals surface area contributed by atoms with Gasteiger partial charge in [0.2, 0.25) is 5.89 Å². The highest BCUT2D eigenvalue weighted by atomic mass is 35.5. The third kappa shape index (κ3) is 3.45. The monoisotopic (exact) mass is 400 g/mol. The highest BCUT2D eigenvalue weighted by molar-refractivity contribution is 6.32. The first-order chi connectivity index (χ1) is 12.7. The van der Waals surface area contributed by atoms with Gasteiger partial charge in [-0.3, -0.25) is 9.36 Å². The number of nitrogens with zero attached hydrogens (tertiary/aromatic N) is 6. The normalized spacial score (nSPS) is 14.9. The molecule has 7 nitrogen and oxygen atoms in total. The molecule has 4 rings (SSSR count). The summed E-state index contributed by atoms with van der Waals surface area (Å²) in [6, 6.07) is 0. The molecule has 0 amide bonds. The van der Waals surface area contributed by atoms with Crippen LogP contribution in [-0.4, -0.2) is 29.8 Å². The zero-order chi connectivity index (χ0) is 19.3. The summed E-state index contributed by atoms with van der Waals surface area (Å²) in [5.74, 6) is 0.667. The number of hydrogen-bond acceptors (Lipinski definition) is 5. The predicted molar refractivity (Wildman–Crippen MR) is 89.2 cm³/mol. The number of aryl methyl sites for hydroxylation is 4. The van der Waals surface area contributed by atoms with Crippen LogP contribution in [0.4, 0.5) is 13.2 Å². The van der Waals surface area contributed by atoms with Crippen LogP contribution < -0.4 is 0 Å². The Morgan fingerprint density at radius 1 is 1.26 bits per heavy atom. The van der Waals surface area contributed by atoms with Crippen molar-refractivity contribution in [2.75, 3.05) is 0 Å². The fraction of sp³-hybridized carbons (Fsp3) is 0.500. The fourth-order valence-electron chi connectivity index (χ4n) is 3.03. The second-order valence-electron chi connectivity index (χ2n) is 6.60. The lowest BCUT2D eigenvalue weighted by molar-refractivity contribution is -0.141. The standard InChI is InChI=1S/C16H16ClF3N6O/c1-8-10(7-25(2)23-8)15-22-21-11(27-15)5-6-26-13(9-3-4-9)12(17)14(24-26)16(18,19)20/h7,9H,3-6H2,1-2H3. The van der Waals surface area contributed by atoms with Crippen molar-refractivity contribution >= 4 is 11.6 Å². The van der Waals surface area contributed by atoms with Crippen LogP contribution in [0.3, 0.4) is 0 Å². The SMILES string of the molecule is Cc1nn(C)cc1-c1nnc(CCn2nc(C(F)(F)F)c(Cl)c2C2CC2)o1. The van der Waals surface area contributed by atoms with Gasteiger partial charge in [-0.25, -0.2) is 0 Å². The van der Waals surface area contributed by atoms with E-state index >= 15 is 0 Å². The Morgan fingerprint density at radius 2 is 2.00 bits per heavy atom. The maximum Gasteiger partial charge on any atom is 0.436 e. The van der Waals surface area contributed by atoms with E-state index < -0.39 is 11.9 Å². The summed E-state index contributed by atoms with van der Waals surface area (Å²) >= 11 is 5.97. The first-order valence-electron chi connectivity index (χ1n) is 8.40. The average Bonchev–Trinajstić information content (AvgIpc) is 3.04. The molecule has 27 heavy (non-hydrogen) atoms. The van der Waals surface area contributed by atoms with Gasteiger partial charge in [0.15, 0.2) is 5.69 Å². The third-order valence-corrected chi connectivity index (χ3v) is 4.78. The molecule has 3 aromatic rings. The molecule has 144 valence electrons. The van der Waals surface area contributed by atoms with Gasteiger partial charge < -0.3 is 4.42 Å². The van der Waals surface area contributed by atoms with Gasteiger partial charge in [0.25, 0.3) is 5.89 Å². The van der Waals surface area contributed by atoms with Crippen LogP contribution in [0, 0.1) is 6.92 Å². The van der Waals surface area contributed by atoms with E-state index in [-0.39, 0.29) is 23.9 Å². The van der Waals surface area contributed by atoms with Crippen LogP contribution in [0.15, 0.2) is 10.6 Å². The third-order valence-electron chi connectivity index (χ3n) is 4.41. The van der Waals surface area contributed by atoms with Gasteiger partial charge in [-0.1, -0.05) is 11.6 Å². The maximum atomic E-state index is 13.1. The van der Waals surface area contributed by atoms with Crippen molar-refractivity contribution in [1.82, 2.24) is 29.8 Å². The van der Waals surface area contributed by atoms with Gasteiger partial charge in [-0.15, -0.1) is 10.2 Å². The van der Waals surface area contributed by atoms with E-state index in [1.54, 1.807) is 17.9 Å². The highest BCUT2D eigenvalue weighted by Crippen LogP contribution is 2.46. The van der Waals surface area contributed by atoms with Crippen molar-refractivity contribution < 1.29 is 17.6 Å². The van der Waals surface area contributed by atoms with Crippen LogP contribution in [0.25, 0.3) is 11.5 Å². The van der Waals surface area contributed by atoms with Crippen molar-refractivity contribution in [3.8, 4) is 11.5 Å². The van der Waals surface area contributed by atoms with Gasteiger partial charge in [-0.05, 0) is 19.8 Å². The molecule has 3 aromatic heterocycles. The molecule has 0 bridgehead atoms. The van der Waals surface area contributed by atoms with E-state index in [1.165, 1.54) is 4.68 Å². The van der Waals surface area contributed by atoms with Crippen molar-refractivity contribution in [2.45, 2.75) is 44.8 Å². The van der Waals surface area contributed by atoms with Gasteiger partial charge in [-0.2, -0.15) is 23.4 Å². The number of hydrogen-bond donors (Lipinski definition) is 0. The number of alkyl halides is 3. The Bertz CT molecular complexity index is 985. The molecule has 1 fully saturated rings. The summed E-state index contributed by atoms with van der Waals surface area (Å²) in [4.78, 5) is 0. The molecule has 11 heteroatoms. The highest BCUT2D eigenvalue weighted by Gasteiger charge is 2.42. The molecule has 0 aromatic carbocycles. The molecule has 0 atom stereocenters. The van der Waals surface area contributed by atoms with Crippen molar-refractivity contribution in [2.24, 2.45) is 7.05 Å². The van der Waals surface area contributed by atoms with Crippen molar-refractivity contribution in [3.63, 3.8) is 0 Å². The summed E-state index contributed by atoms with van der Waals surface area (Å²) in [7, 11) is 1.78. The fourth-order valence-corrected chi connectivity index (χ4v) is 3.42. The van der Waals surface area contributed by atoms with Crippen molar-refractivity contribution in [1.29, 1.82) is 0 Å². The smallest absolute Gasteiger partial charge is 0.421 e. The maximum absolute atomic E-state index is 13.1. The summed E-state index contributed by atoms with van der Waals surface area (Å²) in [5.41, 5.74) is 0.865. The first-order valence-corrected chi connectivity index (χ1v) is 8.78. The van der Waals surface area contributed by atoms with Crippen LogP contribution in [0.1, 0.15) is 41.7 Å². The van der Waals surface area contributed by atoms with Gasteiger partial charge in [0.05, 0.1) is 28.5 Å². The molecule has 3 heterocycles. The summed E-state index contributed by atoms with van der Waals surface area (Å²) < 4.78 is 47.9. The Balaban J connectivity index is 1.55. The lowest BCUT2D eigenvalue weighted by atomic mass is 10.2. The minimum absolute atomic E-state index is 0.0254. The lowest BCUT2D eigenvalue weighted by Gasteiger charge is -2.04. The molecule has 0 unspecified atom stereocenters. The van der Waals surface area contributed by atoms with Crippen molar-refractivity contribution in [3.05, 3.63) is 34.2 Å². The van der Waals surface area contributed by atoms with E-state index in [0.29, 0.717) is 17.5 Å². The van der Waals surface area contributed by atoms with Gasteiger partial charge in [0.1, 0.15) is 0 Å². The molecule has 1 aliphatic rings. The van der Waals surface area contributed by atoms with Crippen LogP contribution in [0.5, 0.6) is 0 Å². The minimum atomic E-state index is -4.58. The molecule has 0 radical (unpaired) electrons. The summed E-state index contributed by atoms with van der Waals surface area (Å²) in [6.07, 6.45) is -0.940. The molecular weight excluding hydrogens is 385 g/mol. The zero-order valence-corrected chi connectivity index (χ0v) is 15.3. The van der Waals surface area contributed by atoms with E-state index in [9.17, 15) is 13.2 Å². The lowest BCUT2D eigenvalue weighted by Crippen LogP contribution is -2.10. The second-order valence-corrected chi connectivity index (χ2v) is 6.97. The Kier molecular flexibility index (Phi) is 4.25. The molecule has 0 saturated heterocycles. The topological polar surface area (TPSA) is 74.6 Å². The van der Waals surface area contributed by atoms with Gasteiger partial charge >= 0.3 is 6.18 Å². The Labute approximate surface area is 157 Å². The van der Waals surface area contributed by atoms with Crippen LogP contribution >= 0.6 is 11.6 Å². The largest absolute Gasteiger partial charge is 0.436 e. The van der Waals surface area contributed by atoms with Gasteiger partial charge in [0, 0.05) is 25.6 Å². The number of rotatable bonds is 5. The minimum Gasteiger partial charge on any atom is -0.421 e. The molecule has 0 N–H and O–H groups in total. The molecule has 0 spiro atoms. The Hall–Kier alpha value is -2.36. The second kappa shape index (κ2) is 6.36. The Morgan fingerprint density at radius 3 is 2.59 bits per heavy atom. The summed E-state index contributed by atoms with van der Waals surface area (Å²) in [5, 5.41) is 15.6. The molecular formula is C16H16ClF3N6O. The molecule has 0 aliphatic heterocycles. The molecule has 1 aliphatic carbocycles. The van der Waals surface area contributed by atoms with E-state index in [4.69, 9.17) is 16.0 Å². The average molecular weight is 401 g/mol. The number of aromatic nitrogens is 6. The zero-order valence-electron chi connectivity index (χ0n) is 14.6. The number of halogens is 4. The van der Waals surface area contributed by atoms with Crippen LogP contribution in [0.2, 0.25) is 5.02 Å². The predicted octanol–water partition coefficient (Wildman–Crippen LogP) is 3.77. The quantitative estimate of drug-likeness (QED) is 0.651. The first kappa shape index (κ1) is 18.0. The van der Waals surface area contributed by atoms with E-state index in [2.05, 4.69) is 20.4 Å². The summed E-state index contributed by atoms with van der Waals surface area (Å²) in [6.45, 7) is 2.00. The van der Waals surface area contributed by atoms with E-state index in [0.717, 1.165) is 24.1 Å².